The lowest BCUT2D eigenvalue weighted by atomic mass is 10.1. The van der Waals surface area contributed by atoms with Crippen molar-refractivity contribution in [3.63, 3.8) is 0 Å². The van der Waals surface area contributed by atoms with Crippen LogP contribution in [0.25, 0.3) is 0 Å². The van der Waals surface area contributed by atoms with Crippen molar-refractivity contribution in [3.05, 3.63) is 47.2 Å². The van der Waals surface area contributed by atoms with Gasteiger partial charge in [-0.15, -0.1) is 10.2 Å². The highest BCUT2D eigenvalue weighted by Gasteiger charge is 2.06. The third-order valence-corrected chi connectivity index (χ3v) is 3.12. The Balaban J connectivity index is 1.80. The van der Waals surface area contributed by atoms with Crippen LogP contribution in [0.3, 0.4) is 0 Å². The molecule has 0 saturated heterocycles. The van der Waals surface area contributed by atoms with Gasteiger partial charge in [-0.3, -0.25) is 0 Å². The van der Waals surface area contributed by atoms with E-state index < -0.39 is 0 Å². The fraction of sp³-hybridized carbons (Fsp3) is 0.500. The number of rotatable bonds is 8. The average molecular weight is 273 g/mol. The van der Waals surface area contributed by atoms with Gasteiger partial charge >= 0.3 is 0 Å². The van der Waals surface area contributed by atoms with E-state index in [9.17, 15) is 0 Å². The largest absolute Gasteiger partial charge is 0.425 e. The molecule has 0 aliphatic heterocycles. The van der Waals surface area contributed by atoms with E-state index >= 15 is 0 Å². The zero-order valence-corrected chi connectivity index (χ0v) is 12.4. The highest BCUT2D eigenvalue weighted by atomic mass is 16.4. The summed E-state index contributed by atoms with van der Waals surface area (Å²) in [7, 11) is 0. The zero-order chi connectivity index (χ0) is 14.2. The number of aromatic nitrogens is 2. The predicted molar refractivity (Wildman–Crippen MR) is 79.8 cm³/mol. The Morgan fingerprint density at radius 2 is 2.00 bits per heavy atom. The topological polar surface area (TPSA) is 51.0 Å². The molecular formula is C16H23N3O. The molecule has 20 heavy (non-hydrogen) atoms. The fourth-order valence-corrected chi connectivity index (χ4v) is 2.12. The zero-order valence-electron chi connectivity index (χ0n) is 12.4. The van der Waals surface area contributed by atoms with Crippen molar-refractivity contribution in [3.8, 4) is 0 Å². The van der Waals surface area contributed by atoms with Crippen LogP contribution in [0.2, 0.25) is 0 Å². The minimum atomic E-state index is 0.701. The SMILES string of the molecule is CCCNCCCc1nnc(Cc2cccc(C)c2)o1. The molecule has 0 fully saturated rings. The summed E-state index contributed by atoms with van der Waals surface area (Å²) in [6, 6.07) is 8.39. The van der Waals surface area contributed by atoms with E-state index in [0.717, 1.165) is 31.8 Å². The Hall–Kier alpha value is -1.68. The molecule has 1 N–H and O–H groups in total. The van der Waals surface area contributed by atoms with E-state index in [1.54, 1.807) is 0 Å². The second-order valence-corrected chi connectivity index (χ2v) is 5.11. The first-order valence-electron chi connectivity index (χ1n) is 7.35. The second-order valence-electron chi connectivity index (χ2n) is 5.11. The van der Waals surface area contributed by atoms with Crippen molar-refractivity contribution in [2.45, 2.75) is 39.5 Å². The summed E-state index contributed by atoms with van der Waals surface area (Å²) in [5.74, 6) is 1.44. The Morgan fingerprint density at radius 1 is 1.15 bits per heavy atom. The summed E-state index contributed by atoms with van der Waals surface area (Å²) in [6.07, 6.45) is 3.76. The molecule has 0 unspecified atom stereocenters. The molecular weight excluding hydrogens is 250 g/mol. The van der Waals surface area contributed by atoms with Gasteiger partial charge in [0.1, 0.15) is 0 Å². The lowest BCUT2D eigenvalue weighted by molar-refractivity contribution is 0.449. The highest BCUT2D eigenvalue weighted by molar-refractivity contribution is 5.24. The van der Waals surface area contributed by atoms with Gasteiger partial charge in [-0.2, -0.15) is 0 Å². The van der Waals surface area contributed by atoms with Gasteiger partial charge < -0.3 is 9.73 Å². The van der Waals surface area contributed by atoms with Crippen LogP contribution in [-0.4, -0.2) is 23.3 Å². The van der Waals surface area contributed by atoms with Gasteiger partial charge in [0.15, 0.2) is 0 Å². The summed E-state index contributed by atoms with van der Waals surface area (Å²) < 4.78 is 5.68. The summed E-state index contributed by atoms with van der Waals surface area (Å²) >= 11 is 0. The van der Waals surface area contributed by atoms with Crippen molar-refractivity contribution in [2.24, 2.45) is 0 Å². The molecule has 108 valence electrons. The smallest absolute Gasteiger partial charge is 0.220 e. The lowest BCUT2D eigenvalue weighted by Crippen LogP contribution is -2.16. The first kappa shape index (κ1) is 14.7. The van der Waals surface area contributed by atoms with Crippen LogP contribution < -0.4 is 5.32 Å². The van der Waals surface area contributed by atoms with Crippen molar-refractivity contribution in [1.82, 2.24) is 15.5 Å². The van der Waals surface area contributed by atoms with Crippen molar-refractivity contribution < 1.29 is 4.42 Å². The average Bonchev–Trinajstić information content (AvgIpc) is 2.86. The van der Waals surface area contributed by atoms with E-state index in [1.165, 1.54) is 17.5 Å². The van der Waals surface area contributed by atoms with Crippen molar-refractivity contribution in [2.75, 3.05) is 13.1 Å². The number of nitrogens with one attached hydrogen (secondary N) is 1. The summed E-state index contributed by atoms with van der Waals surface area (Å²) in [5.41, 5.74) is 2.47. The predicted octanol–water partition coefficient (Wildman–Crippen LogP) is 2.90. The standard InChI is InChI=1S/C16H23N3O/c1-3-9-17-10-5-8-15-18-19-16(20-15)12-14-7-4-6-13(2)11-14/h4,6-7,11,17H,3,5,8-10,12H2,1-2H3. The highest BCUT2D eigenvalue weighted by Crippen LogP contribution is 2.11. The van der Waals surface area contributed by atoms with Crippen LogP contribution in [0.15, 0.2) is 28.7 Å². The van der Waals surface area contributed by atoms with Gasteiger partial charge in [0.05, 0.1) is 6.42 Å². The van der Waals surface area contributed by atoms with E-state index in [-0.39, 0.29) is 0 Å². The minimum absolute atomic E-state index is 0.701. The Morgan fingerprint density at radius 3 is 2.80 bits per heavy atom. The van der Waals surface area contributed by atoms with Gasteiger partial charge in [-0.25, -0.2) is 0 Å². The first-order chi connectivity index (χ1) is 9.78. The van der Waals surface area contributed by atoms with Gasteiger partial charge in [0.25, 0.3) is 0 Å². The van der Waals surface area contributed by atoms with Gasteiger partial charge in [0.2, 0.25) is 11.8 Å². The van der Waals surface area contributed by atoms with E-state index in [1.807, 2.05) is 0 Å². The molecule has 4 nitrogen and oxygen atoms in total. The molecule has 2 rings (SSSR count). The Labute approximate surface area is 120 Å². The number of hydrogen-bond acceptors (Lipinski definition) is 4. The molecule has 0 atom stereocenters. The number of benzene rings is 1. The summed E-state index contributed by atoms with van der Waals surface area (Å²) in [5, 5.41) is 11.6. The maximum absolute atomic E-state index is 5.68. The van der Waals surface area contributed by atoms with Gasteiger partial charge in [-0.05, 0) is 38.4 Å². The van der Waals surface area contributed by atoms with Crippen LogP contribution in [0.1, 0.15) is 42.7 Å². The van der Waals surface area contributed by atoms with Gasteiger partial charge in [-0.1, -0.05) is 36.8 Å². The third-order valence-electron chi connectivity index (χ3n) is 3.12. The molecule has 0 spiro atoms. The number of aryl methyl sites for hydroxylation is 2. The summed E-state index contributed by atoms with van der Waals surface area (Å²) in [6.45, 7) is 6.33. The molecule has 4 heteroatoms. The molecule has 0 bridgehead atoms. The molecule has 0 saturated carbocycles. The molecule has 1 aromatic carbocycles. The molecule has 0 aliphatic carbocycles. The van der Waals surface area contributed by atoms with Crippen molar-refractivity contribution >= 4 is 0 Å². The second kappa shape index (κ2) is 7.80. The monoisotopic (exact) mass is 273 g/mol. The summed E-state index contributed by atoms with van der Waals surface area (Å²) in [4.78, 5) is 0. The van der Waals surface area contributed by atoms with E-state index in [4.69, 9.17) is 4.42 Å². The van der Waals surface area contributed by atoms with E-state index in [2.05, 4.69) is 53.6 Å². The number of nitrogens with zero attached hydrogens (tertiary/aromatic N) is 2. The van der Waals surface area contributed by atoms with Crippen LogP contribution in [0.5, 0.6) is 0 Å². The fourth-order valence-electron chi connectivity index (χ4n) is 2.12. The number of hydrogen-bond donors (Lipinski definition) is 1. The molecule has 0 aliphatic rings. The van der Waals surface area contributed by atoms with Crippen LogP contribution in [-0.2, 0) is 12.8 Å². The molecule has 0 amide bonds. The lowest BCUT2D eigenvalue weighted by Gasteiger charge is -2.00. The Kier molecular flexibility index (Phi) is 5.74. The molecule has 1 heterocycles. The van der Waals surface area contributed by atoms with E-state index in [0.29, 0.717) is 12.3 Å². The normalized spacial score (nSPS) is 10.9. The quantitative estimate of drug-likeness (QED) is 0.751. The van der Waals surface area contributed by atoms with Gasteiger partial charge in [0, 0.05) is 6.42 Å². The maximum atomic E-state index is 5.68. The van der Waals surface area contributed by atoms with Crippen LogP contribution in [0, 0.1) is 6.92 Å². The van der Waals surface area contributed by atoms with Crippen LogP contribution in [0.4, 0.5) is 0 Å². The third kappa shape index (κ3) is 4.78. The minimum Gasteiger partial charge on any atom is -0.425 e. The molecule has 0 radical (unpaired) electrons. The Bertz CT molecular complexity index is 522. The first-order valence-corrected chi connectivity index (χ1v) is 7.35. The maximum Gasteiger partial charge on any atom is 0.220 e. The van der Waals surface area contributed by atoms with Crippen LogP contribution >= 0.6 is 0 Å². The van der Waals surface area contributed by atoms with Crippen molar-refractivity contribution in [1.29, 1.82) is 0 Å². The molecule has 1 aromatic heterocycles. The molecule has 2 aromatic rings.